The third kappa shape index (κ3) is 4.48. The number of carboxylic acid groups (broad SMARTS) is 1. The van der Waals surface area contributed by atoms with Crippen LogP contribution >= 0.6 is 0 Å². The number of halogens is 3. The number of aromatic carboxylic acids is 1. The van der Waals surface area contributed by atoms with Crippen molar-refractivity contribution >= 4 is 5.97 Å². The van der Waals surface area contributed by atoms with E-state index in [4.69, 9.17) is 9.52 Å². The maximum absolute atomic E-state index is 11.8. The molecule has 96 valence electrons. The van der Waals surface area contributed by atoms with Crippen LogP contribution in [0.2, 0.25) is 0 Å². The lowest BCUT2D eigenvalue weighted by atomic mass is 10.2. The summed E-state index contributed by atoms with van der Waals surface area (Å²) < 4.78 is 40.4. The highest BCUT2D eigenvalue weighted by Crippen LogP contribution is 2.18. The zero-order chi connectivity index (χ0) is 13.1. The molecule has 0 aliphatic heterocycles. The molecule has 4 nitrogen and oxygen atoms in total. The number of hydrogen-bond acceptors (Lipinski definition) is 3. The van der Waals surface area contributed by atoms with Crippen LogP contribution in [0.25, 0.3) is 0 Å². The molecule has 0 fully saturated rings. The Bertz CT molecular complexity index is 398. The number of alkyl halides is 3. The van der Waals surface area contributed by atoms with Crippen LogP contribution in [0.1, 0.15) is 28.3 Å². The van der Waals surface area contributed by atoms with Crippen molar-refractivity contribution in [1.82, 2.24) is 5.32 Å². The van der Waals surface area contributed by atoms with E-state index in [-0.39, 0.29) is 18.8 Å². The second kappa shape index (κ2) is 5.22. The average Bonchev–Trinajstić information content (AvgIpc) is 2.53. The molecule has 7 heteroatoms. The molecule has 0 amide bonds. The lowest BCUT2D eigenvalue weighted by molar-refractivity contribution is -0.133. The van der Waals surface area contributed by atoms with Crippen LogP contribution in [0, 0.1) is 6.92 Å². The van der Waals surface area contributed by atoms with Gasteiger partial charge in [0, 0.05) is 12.1 Å². The number of furan rings is 1. The smallest absolute Gasteiger partial charge is 0.390 e. The lowest BCUT2D eigenvalue weighted by Crippen LogP contribution is -2.21. The van der Waals surface area contributed by atoms with Crippen LogP contribution in [0.4, 0.5) is 13.2 Å². The van der Waals surface area contributed by atoms with Gasteiger partial charge in [-0.2, -0.15) is 13.2 Å². The quantitative estimate of drug-likeness (QED) is 0.788. The maximum atomic E-state index is 11.8. The maximum Gasteiger partial charge on any atom is 0.390 e. The fourth-order valence-corrected chi connectivity index (χ4v) is 1.29. The van der Waals surface area contributed by atoms with Crippen LogP contribution in [-0.2, 0) is 6.54 Å². The highest BCUT2D eigenvalue weighted by Gasteiger charge is 2.26. The van der Waals surface area contributed by atoms with Gasteiger partial charge < -0.3 is 14.8 Å². The molecule has 0 atom stereocenters. The van der Waals surface area contributed by atoms with Crippen LogP contribution in [0.5, 0.6) is 0 Å². The molecule has 0 saturated heterocycles. The molecule has 0 saturated carbocycles. The van der Waals surface area contributed by atoms with E-state index in [1.54, 1.807) is 6.92 Å². The van der Waals surface area contributed by atoms with E-state index in [0.29, 0.717) is 11.3 Å². The second-order valence-corrected chi connectivity index (χ2v) is 3.57. The van der Waals surface area contributed by atoms with E-state index in [9.17, 15) is 18.0 Å². The third-order valence-corrected chi connectivity index (χ3v) is 2.05. The van der Waals surface area contributed by atoms with Crippen molar-refractivity contribution in [2.75, 3.05) is 6.54 Å². The normalized spacial score (nSPS) is 11.8. The first-order valence-electron chi connectivity index (χ1n) is 4.89. The van der Waals surface area contributed by atoms with Crippen molar-refractivity contribution in [3.8, 4) is 0 Å². The molecule has 1 aromatic rings. The van der Waals surface area contributed by atoms with Crippen LogP contribution in [0.15, 0.2) is 10.5 Å². The first kappa shape index (κ1) is 13.6. The SMILES string of the molecule is Cc1cc(CNCCC(F)(F)F)oc1C(=O)O. The summed E-state index contributed by atoms with van der Waals surface area (Å²) in [6.45, 7) is 1.40. The number of nitrogens with one attached hydrogen (secondary N) is 1. The first-order chi connectivity index (χ1) is 7.79. The molecule has 0 radical (unpaired) electrons. The molecule has 1 aromatic heterocycles. The second-order valence-electron chi connectivity index (χ2n) is 3.57. The van der Waals surface area contributed by atoms with Crippen molar-refractivity contribution in [3.05, 3.63) is 23.2 Å². The fraction of sp³-hybridized carbons (Fsp3) is 0.500. The Kier molecular flexibility index (Phi) is 4.17. The Morgan fingerprint density at radius 1 is 1.53 bits per heavy atom. The molecule has 17 heavy (non-hydrogen) atoms. The van der Waals surface area contributed by atoms with Gasteiger partial charge >= 0.3 is 12.1 Å². The summed E-state index contributed by atoms with van der Waals surface area (Å²) in [4.78, 5) is 10.6. The molecule has 0 aromatic carbocycles. The number of carboxylic acids is 1. The van der Waals surface area contributed by atoms with Crippen molar-refractivity contribution in [3.63, 3.8) is 0 Å². The third-order valence-electron chi connectivity index (χ3n) is 2.05. The average molecular weight is 251 g/mol. The highest BCUT2D eigenvalue weighted by atomic mass is 19.4. The zero-order valence-electron chi connectivity index (χ0n) is 9.10. The predicted molar refractivity (Wildman–Crippen MR) is 52.8 cm³/mol. The molecular weight excluding hydrogens is 239 g/mol. The minimum atomic E-state index is -4.20. The predicted octanol–water partition coefficient (Wildman–Crippen LogP) is 2.33. The largest absolute Gasteiger partial charge is 0.475 e. The summed E-state index contributed by atoms with van der Waals surface area (Å²) in [5.41, 5.74) is 0.449. The topological polar surface area (TPSA) is 62.5 Å². The first-order valence-corrected chi connectivity index (χ1v) is 4.89. The lowest BCUT2D eigenvalue weighted by Gasteiger charge is -2.06. The van der Waals surface area contributed by atoms with Crippen molar-refractivity contribution in [2.45, 2.75) is 26.1 Å². The summed E-state index contributed by atoms with van der Waals surface area (Å²) in [5.74, 6) is -1.07. The summed E-state index contributed by atoms with van der Waals surface area (Å²) in [7, 11) is 0. The van der Waals surface area contributed by atoms with Crippen molar-refractivity contribution in [1.29, 1.82) is 0 Å². The fourth-order valence-electron chi connectivity index (χ4n) is 1.29. The Hall–Kier alpha value is -1.50. The summed E-state index contributed by atoms with van der Waals surface area (Å²) in [6, 6.07) is 1.49. The Balaban J connectivity index is 2.43. The van der Waals surface area contributed by atoms with Crippen LogP contribution < -0.4 is 5.32 Å². The van der Waals surface area contributed by atoms with Gasteiger partial charge in [0.25, 0.3) is 0 Å². The number of hydrogen-bond donors (Lipinski definition) is 2. The molecule has 0 bridgehead atoms. The van der Waals surface area contributed by atoms with Crippen LogP contribution in [0.3, 0.4) is 0 Å². The Morgan fingerprint density at radius 3 is 2.65 bits per heavy atom. The number of aryl methyl sites for hydroxylation is 1. The summed E-state index contributed by atoms with van der Waals surface area (Å²) in [6.07, 6.45) is -5.13. The van der Waals surface area contributed by atoms with Gasteiger partial charge in [0.05, 0.1) is 13.0 Å². The highest BCUT2D eigenvalue weighted by molar-refractivity contribution is 5.86. The minimum absolute atomic E-state index is 0.0736. The van der Waals surface area contributed by atoms with Gasteiger partial charge in [-0.1, -0.05) is 0 Å². The van der Waals surface area contributed by atoms with Gasteiger partial charge in [-0.3, -0.25) is 0 Å². The molecular formula is C10H12F3NO3. The molecule has 2 N–H and O–H groups in total. The molecule has 1 rings (SSSR count). The van der Waals surface area contributed by atoms with Gasteiger partial charge in [0.1, 0.15) is 5.76 Å². The van der Waals surface area contributed by atoms with Gasteiger partial charge in [-0.05, 0) is 13.0 Å². The van der Waals surface area contributed by atoms with E-state index in [1.165, 1.54) is 6.07 Å². The summed E-state index contributed by atoms with van der Waals surface area (Å²) in [5, 5.41) is 11.2. The van der Waals surface area contributed by atoms with Gasteiger partial charge in [0.2, 0.25) is 5.76 Å². The van der Waals surface area contributed by atoms with E-state index in [1.807, 2.05) is 0 Å². The van der Waals surface area contributed by atoms with Crippen molar-refractivity contribution in [2.24, 2.45) is 0 Å². The van der Waals surface area contributed by atoms with E-state index >= 15 is 0 Å². The Labute approximate surface area is 95.4 Å². The number of carbonyl (C=O) groups is 1. The van der Waals surface area contributed by atoms with Crippen molar-refractivity contribution < 1.29 is 27.5 Å². The minimum Gasteiger partial charge on any atom is -0.475 e. The molecule has 0 aliphatic rings. The van der Waals surface area contributed by atoms with Gasteiger partial charge in [0.15, 0.2) is 0 Å². The van der Waals surface area contributed by atoms with E-state index < -0.39 is 18.6 Å². The molecule has 1 heterocycles. The van der Waals surface area contributed by atoms with Crippen LogP contribution in [-0.4, -0.2) is 23.8 Å². The molecule has 0 aliphatic carbocycles. The molecule has 0 spiro atoms. The van der Waals surface area contributed by atoms with E-state index in [0.717, 1.165) is 0 Å². The monoisotopic (exact) mass is 251 g/mol. The van der Waals surface area contributed by atoms with E-state index in [2.05, 4.69) is 5.32 Å². The zero-order valence-corrected chi connectivity index (χ0v) is 9.10. The summed E-state index contributed by atoms with van der Waals surface area (Å²) >= 11 is 0. The number of rotatable bonds is 5. The Morgan fingerprint density at radius 2 is 2.18 bits per heavy atom. The standard InChI is InChI=1S/C10H12F3NO3/c1-6-4-7(17-8(6)9(15)16)5-14-3-2-10(11,12)13/h4,14H,2-3,5H2,1H3,(H,15,16). The van der Waals surface area contributed by atoms with Gasteiger partial charge in [-0.25, -0.2) is 4.79 Å². The molecule has 0 unspecified atom stereocenters. The van der Waals surface area contributed by atoms with Gasteiger partial charge in [-0.15, -0.1) is 0 Å².